The molecule has 1 heterocycles. The number of ketones is 1. The normalized spacial score (nSPS) is 11.6. The first-order valence-corrected chi connectivity index (χ1v) is 11.0. The summed E-state index contributed by atoms with van der Waals surface area (Å²) in [7, 11) is 0. The molecule has 3 aromatic carbocycles. The van der Waals surface area contributed by atoms with Crippen LogP contribution in [0.25, 0.3) is 22.3 Å². The molecule has 0 aliphatic carbocycles. The molecule has 176 valence electrons. The molecule has 0 aliphatic rings. The fourth-order valence-electron chi connectivity index (χ4n) is 3.67. The van der Waals surface area contributed by atoms with Crippen LogP contribution in [0.3, 0.4) is 0 Å². The van der Waals surface area contributed by atoms with Crippen LogP contribution in [0, 0.1) is 6.92 Å². The molecule has 0 fully saturated rings. The Morgan fingerprint density at radius 2 is 1.66 bits per heavy atom. The van der Waals surface area contributed by atoms with Crippen LogP contribution in [0.4, 0.5) is 5.69 Å². The Balaban J connectivity index is 1.62. The third kappa shape index (κ3) is 4.89. The van der Waals surface area contributed by atoms with E-state index in [1.165, 1.54) is 19.9 Å². The van der Waals surface area contributed by atoms with Gasteiger partial charge in [-0.05, 0) is 45.0 Å². The molecule has 1 aromatic heterocycles. The van der Waals surface area contributed by atoms with Crippen LogP contribution in [0.1, 0.15) is 40.1 Å². The van der Waals surface area contributed by atoms with Crippen molar-refractivity contribution in [3.63, 3.8) is 0 Å². The second-order valence-electron chi connectivity index (χ2n) is 8.11. The van der Waals surface area contributed by atoms with Crippen LogP contribution in [-0.2, 0) is 9.53 Å². The van der Waals surface area contributed by atoms with Gasteiger partial charge in [0.1, 0.15) is 11.3 Å². The van der Waals surface area contributed by atoms with E-state index in [1.54, 1.807) is 43.3 Å². The smallest absolute Gasteiger partial charge is 0.342 e. The van der Waals surface area contributed by atoms with Gasteiger partial charge < -0.3 is 14.5 Å². The SMILES string of the molecule is CC(=O)c1cccc(NC(=O)C(C)OC(=O)c2cccc3c(=O)c(C)c(-c4ccccc4)oc23)c1. The van der Waals surface area contributed by atoms with E-state index in [1.807, 2.05) is 30.3 Å². The van der Waals surface area contributed by atoms with E-state index in [-0.39, 0.29) is 27.7 Å². The first-order chi connectivity index (χ1) is 16.8. The average molecular weight is 469 g/mol. The first kappa shape index (κ1) is 23.6. The lowest BCUT2D eigenvalue weighted by Gasteiger charge is -2.15. The van der Waals surface area contributed by atoms with E-state index in [9.17, 15) is 19.2 Å². The Morgan fingerprint density at radius 3 is 2.37 bits per heavy atom. The topological polar surface area (TPSA) is 103 Å². The van der Waals surface area contributed by atoms with Crippen LogP contribution in [0.2, 0.25) is 0 Å². The van der Waals surface area contributed by atoms with Gasteiger partial charge in [-0.25, -0.2) is 4.79 Å². The predicted octanol–water partition coefficient (Wildman–Crippen LogP) is 5.16. The molecule has 0 aliphatic heterocycles. The van der Waals surface area contributed by atoms with Gasteiger partial charge in [0, 0.05) is 22.4 Å². The van der Waals surface area contributed by atoms with Gasteiger partial charge in [-0.2, -0.15) is 0 Å². The highest BCUT2D eigenvalue weighted by Crippen LogP contribution is 2.27. The van der Waals surface area contributed by atoms with Crippen LogP contribution >= 0.6 is 0 Å². The van der Waals surface area contributed by atoms with Crippen molar-refractivity contribution in [3.8, 4) is 11.3 Å². The number of amides is 1. The summed E-state index contributed by atoms with van der Waals surface area (Å²) in [5.74, 6) is -1.15. The molecule has 0 saturated carbocycles. The quantitative estimate of drug-likeness (QED) is 0.309. The van der Waals surface area contributed by atoms with Gasteiger partial charge in [0.05, 0.1) is 5.39 Å². The van der Waals surface area contributed by atoms with Gasteiger partial charge in [0.25, 0.3) is 5.91 Å². The van der Waals surface area contributed by atoms with Crippen molar-refractivity contribution in [2.75, 3.05) is 5.32 Å². The summed E-state index contributed by atoms with van der Waals surface area (Å²) in [6, 6.07) is 20.2. The summed E-state index contributed by atoms with van der Waals surface area (Å²) in [5, 5.41) is 2.88. The second kappa shape index (κ2) is 9.77. The van der Waals surface area contributed by atoms with E-state index in [4.69, 9.17) is 9.15 Å². The number of fused-ring (bicyclic) bond motifs is 1. The van der Waals surface area contributed by atoms with Crippen LogP contribution < -0.4 is 10.7 Å². The summed E-state index contributed by atoms with van der Waals surface area (Å²) < 4.78 is 11.4. The van der Waals surface area contributed by atoms with Crippen molar-refractivity contribution in [2.45, 2.75) is 26.9 Å². The van der Waals surface area contributed by atoms with Crippen molar-refractivity contribution in [1.82, 2.24) is 0 Å². The molecule has 4 rings (SSSR count). The number of rotatable bonds is 6. The Kier molecular flexibility index (Phi) is 6.59. The zero-order valence-corrected chi connectivity index (χ0v) is 19.5. The van der Waals surface area contributed by atoms with Crippen LogP contribution in [0.15, 0.2) is 82.0 Å². The summed E-state index contributed by atoms with van der Waals surface area (Å²) in [4.78, 5) is 50.2. The monoisotopic (exact) mass is 469 g/mol. The molecule has 0 bridgehead atoms. The maximum Gasteiger partial charge on any atom is 0.342 e. The van der Waals surface area contributed by atoms with Gasteiger partial charge >= 0.3 is 5.97 Å². The van der Waals surface area contributed by atoms with Crippen molar-refractivity contribution in [2.24, 2.45) is 0 Å². The molecule has 7 nitrogen and oxygen atoms in total. The van der Waals surface area contributed by atoms with E-state index in [0.717, 1.165) is 0 Å². The minimum Gasteiger partial charge on any atom is -0.455 e. The molecule has 35 heavy (non-hydrogen) atoms. The number of esters is 1. The number of ether oxygens (including phenoxy) is 1. The lowest BCUT2D eigenvalue weighted by molar-refractivity contribution is -0.123. The molecular formula is C28H23NO6. The van der Waals surface area contributed by atoms with Crippen LogP contribution in [-0.4, -0.2) is 23.8 Å². The van der Waals surface area contributed by atoms with Crippen molar-refractivity contribution < 1.29 is 23.5 Å². The highest BCUT2D eigenvalue weighted by atomic mass is 16.5. The lowest BCUT2D eigenvalue weighted by Crippen LogP contribution is -2.30. The Hall–Kier alpha value is -4.52. The zero-order valence-electron chi connectivity index (χ0n) is 19.5. The number of carbonyl (C=O) groups excluding carboxylic acids is 3. The zero-order chi connectivity index (χ0) is 25.1. The minimum atomic E-state index is -1.15. The summed E-state index contributed by atoms with van der Waals surface area (Å²) in [6.45, 7) is 4.54. The summed E-state index contributed by atoms with van der Waals surface area (Å²) in [6.07, 6.45) is -1.15. The molecule has 7 heteroatoms. The second-order valence-corrected chi connectivity index (χ2v) is 8.11. The first-order valence-electron chi connectivity index (χ1n) is 11.0. The van der Waals surface area contributed by atoms with Gasteiger partial charge in [0.15, 0.2) is 22.9 Å². The number of nitrogens with one attached hydrogen (secondary N) is 1. The highest BCUT2D eigenvalue weighted by molar-refractivity contribution is 6.04. The number of para-hydroxylation sites is 1. The minimum absolute atomic E-state index is 0.0370. The van der Waals surface area contributed by atoms with Crippen molar-refractivity contribution in [1.29, 1.82) is 0 Å². The molecule has 4 aromatic rings. The van der Waals surface area contributed by atoms with E-state index in [2.05, 4.69) is 5.32 Å². The van der Waals surface area contributed by atoms with Crippen LogP contribution in [0.5, 0.6) is 0 Å². The maximum absolute atomic E-state index is 13.0. The fraction of sp³-hybridized carbons (Fsp3) is 0.143. The summed E-state index contributed by atoms with van der Waals surface area (Å²) >= 11 is 0. The fourth-order valence-corrected chi connectivity index (χ4v) is 3.67. The summed E-state index contributed by atoms with van der Waals surface area (Å²) in [5.41, 5.74) is 1.86. The number of anilines is 1. The highest BCUT2D eigenvalue weighted by Gasteiger charge is 2.23. The molecule has 0 radical (unpaired) electrons. The van der Waals surface area contributed by atoms with Crippen molar-refractivity contribution in [3.05, 3.63) is 99.7 Å². The maximum atomic E-state index is 13.0. The molecule has 1 unspecified atom stereocenters. The van der Waals surface area contributed by atoms with Crippen molar-refractivity contribution >= 4 is 34.3 Å². The largest absolute Gasteiger partial charge is 0.455 e. The van der Waals surface area contributed by atoms with E-state index in [0.29, 0.717) is 28.1 Å². The third-order valence-electron chi connectivity index (χ3n) is 5.59. The molecule has 1 N–H and O–H groups in total. The predicted molar refractivity (Wildman–Crippen MR) is 133 cm³/mol. The molecule has 1 atom stereocenters. The van der Waals surface area contributed by atoms with Gasteiger partial charge in [-0.3, -0.25) is 14.4 Å². The van der Waals surface area contributed by atoms with E-state index >= 15 is 0 Å². The average Bonchev–Trinajstić information content (AvgIpc) is 2.86. The standard InChI is InChI=1S/C28H23NO6/c1-16-24(31)22-13-8-14-23(26(22)35-25(16)19-9-5-4-6-10-19)28(33)34-18(3)27(32)29-21-12-7-11-20(15-21)17(2)30/h4-15,18H,1-3H3,(H,29,32). The van der Waals surface area contributed by atoms with Gasteiger partial charge in [-0.1, -0.05) is 48.5 Å². The Labute approximate surface area is 201 Å². The molecule has 0 saturated heterocycles. The van der Waals surface area contributed by atoms with Gasteiger partial charge in [-0.15, -0.1) is 0 Å². The van der Waals surface area contributed by atoms with Gasteiger partial charge in [0.2, 0.25) is 0 Å². The third-order valence-corrected chi connectivity index (χ3v) is 5.59. The Bertz CT molecular complexity index is 1500. The lowest BCUT2D eigenvalue weighted by atomic mass is 10.0. The molecular weight excluding hydrogens is 446 g/mol. The number of hydrogen-bond donors (Lipinski definition) is 1. The molecule has 0 spiro atoms. The molecule has 1 amide bonds. The number of Topliss-reactive ketones (excluding diaryl/α,β-unsaturated/α-hetero) is 1. The number of carbonyl (C=O) groups is 3. The number of benzene rings is 3. The number of hydrogen-bond acceptors (Lipinski definition) is 6. The van der Waals surface area contributed by atoms with E-state index < -0.39 is 18.0 Å². The Morgan fingerprint density at radius 1 is 0.943 bits per heavy atom.